The molecule has 0 aromatic heterocycles. The zero-order valence-corrected chi connectivity index (χ0v) is 17.2. The van der Waals surface area contributed by atoms with Crippen molar-refractivity contribution in [1.29, 1.82) is 5.26 Å². The van der Waals surface area contributed by atoms with Crippen molar-refractivity contribution in [2.45, 2.75) is 19.3 Å². The summed E-state index contributed by atoms with van der Waals surface area (Å²) in [4.78, 5) is 25.2. The molecule has 0 spiro atoms. The average molecular weight is 407 g/mol. The predicted octanol–water partition coefficient (Wildman–Crippen LogP) is 3.71. The second-order valence-electron chi connectivity index (χ2n) is 6.82. The van der Waals surface area contributed by atoms with Crippen LogP contribution in [-0.2, 0) is 20.7 Å². The Bertz CT molecular complexity index is 962. The fraction of sp³-hybridized carbons (Fsp3) is 0.261. The quantitative estimate of drug-likeness (QED) is 0.584. The van der Waals surface area contributed by atoms with Crippen molar-refractivity contribution in [2.24, 2.45) is 5.92 Å². The molecule has 5 nitrogen and oxygen atoms in total. The number of nitriles is 1. The number of rotatable bonds is 6. The number of nitrogens with zero attached hydrogens (tertiary/aromatic N) is 1. The maximum Gasteiger partial charge on any atom is 0.319 e. The number of carbonyl (C=O) groups excluding carboxylic acids is 2. The fourth-order valence-corrected chi connectivity index (χ4v) is 4.41. The van der Waals surface area contributed by atoms with Crippen LogP contribution in [-0.4, -0.2) is 24.7 Å². The third kappa shape index (κ3) is 4.69. The van der Waals surface area contributed by atoms with Gasteiger partial charge in [-0.25, -0.2) is 0 Å². The summed E-state index contributed by atoms with van der Waals surface area (Å²) in [7, 11) is 1.25. The first-order valence-electron chi connectivity index (χ1n) is 9.31. The van der Waals surface area contributed by atoms with Gasteiger partial charge in [-0.15, -0.1) is 11.8 Å². The molecule has 2 aromatic carbocycles. The summed E-state index contributed by atoms with van der Waals surface area (Å²) in [6.07, 6.45) is 0.805. The van der Waals surface area contributed by atoms with Crippen molar-refractivity contribution in [3.8, 4) is 6.07 Å². The van der Waals surface area contributed by atoms with E-state index in [2.05, 4.69) is 11.4 Å². The fourth-order valence-electron chi connectivity index (χ4n) is 3.37. The number of esters is 1. The van der Waals surface area contributed by atoms with Crippen LogP contribution in [0.4, 0.5) is 0 Å². The maximum atomic E-state index is 12.8. The first-order valence-corrected chi connectivity index (χ1v) is 10.3. The molecule has 0 radical (unpaired) electrons. The summed E-state index contributed by atoms with van der Waals surface area (Å²) in [6.45, 7) is 1.96. The van der Waals surface area contributed by atoms with Gasteiger partial charge in [0.1, 0.15) is 5.92 Å². The number of nitrogens with one attached hydrogen (secondary N) is 1. The predicted molar refractivity (Wildman–Crippen MR) is 113 cm³/mol. The van der Waals surface area contributed by atoms with Crippen molar-refractivity contribution in [1.82, 2.24) is 5.32 Å². The Morgan fingerprint density at radius 1 is 1.17 bits per heavy atom. The Labute approximate surface area is 174 Å². The Morgan fingerprint density at radius 3 is 2.48 bits per heavy atom. The van der Waals surface area contributed by atoms with Crippen LogP contribution in [0, 0.1) is 24.2 Å². The van der Waals surface area contributed by atoms with Gasteiger partial charge in [-0.2, -0.15) is 5.26 Å². The molecule has 1 aliphatic rings. The van der Waals surface area contributed by atoms with Gasteiger partial charge in [0, 0.05) is 11.7 Å². The number of aryl methyl sites for hydroxylation is 2. The highest BCUT2D eigenvalue weighted by Gasteiger charge is 2.44. The molecule has 3 rings (SSSR count). The topological polar surface area (TPSA) is 79.2 Å². The Kier molecular flexibility index (Phi) is 6.73. The van der Waals surface area contributed by atoms with Crippen molar-refractivity contribution in [3.63, 3.8) is 0 Å². The molecule has 29 heavy (non-hydrogen) atoms. The Morgan fingerprint density at radius 2 is 1.86 bits per heavy atom. The first kappa shape index (κ1) is 20.7. The Balaban J connectivity index is 1.93. The molecule has 1 amide bonds. The normalized spacial score (nSPS) is 18.7. The summed E-state index contributed by atoms with van der Waals surface area (Å²) < 4.78 is 4.86. The highest BCUT2D eigenvalue weighted by atomic mass is 32.2. The van der Waals surface area contributed by atoms with Gasteiger partial charge in [0.25, 0.3) is 0 Å². The molecule has 1 heterocycles. The number of hydrogen-bond acceptors (Lipinski definition) is 5. The first-order chi connectivity index (χ1) is 14.0. The third-order valence-corrected chi connectivity index (χ3v) is 5.92. The smallest absolute Gasteiger partial charge is 0.319 e. The SMILES string of the molecule is COC(=O)[C@H]1C(=O)NC(SCCc2ccccc2)=C(C#N)[C@@H]1c1ccc(C)cc1. The minimum Gasteiger partial charge on any atom is -0.468 e. The van der Waals surface area contributed by atoms with Crippen molar-refractivity contribution in [2.75, 3.05) is 12.9 Å². The second kappa shape index (κ2) is 9.44. The zero-order chi connectivity index (χ0) is 20.8. The average Bonchev–Trinajstić information content (AvgIpc) is 2.74. The lowest BCUT2D eigenvalue weighted by Crippen LogP contribution is -2.44. The number of amides is 1. The number of carbonyl (C=O) groups is 2. The number of allylic oxidation sites excluding steroid dienone is 1. The minimum absolute atomic E-state index is 0.391. The summed E-state index contributed by atoms with van der Waals surface area (Å²) in [5.74, 6) is -2.14. The van der Waals surface area contributed by atoms with E-state index < -0.39 is 23.7 Å². The molecular formula is C23H22N2O3S. The molecular weight excluding hydrogens is 384 g/mol. The van der Waals surface area contributed by atoms with Crippen molar-refractivity contribution >= 4 is 23.6 Å². The molecule has 6 heteroatoms. The van der Waals surface area contributed by atoms with E-state index >= 15 is 0 Å². The van der Waals surface area contributed by atoms with E-state index in [1.165, 1.54) is 24.4 Å². The van der Waals surface area contributed by atoms with Crippen LogP contribution in [0.2, 0.25) is 0 Å². The number of hydrogen-bond donors (Lipinski definition) is 1. The molecule has 0 aliphatic carbocycles. The van der Waals surface area contributed by atoms with Gasteiger partial charge >= 0.3 is 5.97 Å². The van der Waals surface area contributed by atoms with E-state index in [0.29, 0.717) is 16.4 Å². The molecule has 2 aromatic rings. The largest absolute Gasteiger partial charge is 0.468 e. The van der Waals surface area contributed by atoms with Gasteiger partial charge in [-0.3, -0.25) is 9.59 Å². The lowest BCUT2D eigenvalue weighted by molar-refractivity contribution is -0.150. The summed E-state index contributed by atoms with van der Waals surface area (Å²) in [5.41, 5.74) is 3.38. The standard InChI is InChI=1S/C23H22N2O3S/c1-15-8-10-17(11-9-15)19-18(14-24)22(25-21(26)20(19)23(27)28-2)29-13-12-16-6-4-3-5-7-16/h3-11,19-20H,12-13H2,1-2H3,(H,25,26)/t19-,20+/m0/s1. The van der Waals surface area contributed by atoms with Gasteiger partial charge in [0.05, 0.1) is 23.8 Å². The second-order valence-corrected chi connectivity index (χ2v) is 7.92. The van der Waals surface area contributed by atoms with Crippen LogP contribution in [0.15, 0.2) is 65.2 Å². The lowest BCUT2D eigenvalue weighted by atomic mass is 9.78. The van der Waals surface area contributed by atoms with Gasteiger partial charge in [-0.1, -0.05) is 60.2 Å². The van der Waals surface area contributed by atoms with E-state index in [1.807, 2.05) is 61.5 Å². The monoisotopic (exact) mass is 406 g/mol. The molecule has 0 saturated carbocycles. The summed E-state index contributed by atoms with van der Waals surface area (Å²) in [5, 5.41) is 13.2. The molecule has 1 aliphatic heterocycles. The van der Waals surface area contributed by atoms with E-state index in [9.17, 15) is 14.9 Å². The lowest BCUT2D eigenvalue weighted by Gasteiger charge is -2.31. The maximum absolute atomic E-state index is 12.8. The zero-order valence-electron chi connectivity index (χ0n) is 16.3. The van der Waals surface area contributed by atoms with Crippen LogP contribution in [0.3, 0.4) is 0 Å². The van der Waals surface area contributed by atoms with Gasteiger partial charge in [-0.05, 0) is 24.5 Å². The van der Waals surface area contributed by atoms with Gasteiger partial charge in [0.2, 0.25) is 5.91 Å². The number of thioether (sulfide) groups is 1. The highest BCUT2D eigenvalue weighted by Crippen LogP contribution is 2.40. The summed E-state index contributed by atoms with van der Waals surface area (Å²) in [6, 6.07) is 19.8. The molecule has 1 N–H and O–H groups in total. The molecule has 0 fully saturated rings. The number of ether oxygens (including phenoxy) is 1. The van der Waals surface area contributed by atoms with Crippen molar-refractivity contribution < 1.29 is 14.3 Å². The summed E-state index contributed by atoms with van der Waals surface area (Å²) >= 11 is 1.42. The van der Waals surface area contributed by atoms with Gasteiger partial charge in [0.15, 0.2) is 0 Å². The third-order valence-electron chi connectivity index (χ3n) is 4.90. The minimum atomic E-state index is -1.09. The van der Waals surface area contributed by atoms with Gasteiger partial charge < -0.3 is 10.1 Å². The number of methoxy groups -OCH3 is 1. The molecule has 2 atom stereocenters. The van der Waals surface area contributed by atoms with E-state index in [-0.39, 0.29) is 0 Å². The van der Waals surface area contributed by atoms with Crippen LogP contribution in [0.5, 0.6) is 0 Å². The van der Waals surface area contributed by atoms with E-state index in [4.69, 9.17) is 4.74 Å². The van der Waals surface area contributed by atoms with E-state index in [1.54, 1.807) is 0 Å². The molecule has 148 valence electrons. The van der Waals surface area contributed by atoms with Crippen molar-refractivity contribution in [3.05, 3.63) is 81.9 Å². The van der Waals surface area contributed by atoms with E-state index in [0.717, 1.165) is 17.5 Å². The van der Waals surface area contributed by atoms with Crippen LogP contribution in [0.25, 0.3) is 0 Å². The van der Waals surface area contributed by atoms with Crippen LogP contribution in [0.1, 0.15) is 22.6 Å². The van der Waals surface area contributed by atoms with Crippen LogP contribution >= 0.6 is 11.8 Å². The van der Waals surface area contributed by atoms with Crippen LogP contribution < -0.4 is 5.32 Å². The Hall–Kier alpha value is -3.04. The molecule has 0 bridgehead atoms. The number of benzene rings is 2. The molecule has 0 unspecified atom stereocenters. The molecule has 0 saturated heterocycles. The highest BCUT2D eigenvalue weighted by molar-refractivity contribution is 8.03.